The van der Waals surface area contributed by atoms with Crippen molar-refractivity contribution in [2.75, 3.05) is 6.61 Å². The topological polar surface area (TPSA) is 69.6 Å². The molecule has 0 radical (unpaired) electrons. The molecule has 2 saturated carbocycles. The molecular weight excluding hydrogens is 218 g/mol. The van der Waals surface area contributed by atoms with Gasteiger partial charge in [-0.3, -0.25) is 10.1 Å². The van der Waals surface area contributed by atoms with Crippen molar-refractivity contribution >= 4 is 5.97 Å². The van der Waals surface area contributed by atoms with Crippen molar-refractivity contribution in [3.05, 3.63) is 0 Å². The minimum atomic E-state index is -0.765. The van der Waals surface area contributed by atoms with Gasteiger partial charge in [0, 0.05) is 5.54 Å². The first kappa shape index (κ1) is 12.8. The smallest absolute Gasteiger partial charge is 0.321 e. The monoisotopic (exact) mass is 241 g/mol. The predicted octanol–water partition coefficient (Wildman–Crippen LogP) is 1.38. The largest absolute Gasteiger partial charge is 0.480 e. The number of carbonyl (C=O) groups is 1. The van der Waals surface area contributed by atoms with Gasteiger partial charge in [0.05, 0.1) is 6.61 Å². The number of hydrogen-bond donors (Lipinski definition) is 3. The van der Waals surface area contributed by atoms with Crippen molar-refractivity contribution in [2.24, 2.45) is 11.8 Å². The number of aliphatic hydroxyl groups excluding tert-OH is 1. The van der Waals surface area contributed by atoms with E-state index in [2.05, 4.69) is 12.2 Å². The molecule has 0 aromatic rings. The maximum Gasteiger partial charge on any atom is 0.321 e. The Labute approximate surface area is 102 Å². The molecule has 0 aromatic carbocycles. The van der Waals surface area contributed by atoms with E-state index in [1.54, 1.807) is 0 Å². The molecule has 0 heterocycles. The van der Waals surface area contributed by atoms with Crippen LogP contribution < -0.4 is 5.32 Å². The average Bonchev–Trinajstić information content (AvgIpc) is 3.12. The van der Waals surface area contributed by atoms with Gasteiger partial charge in [-0.25, -0.2) is 0 Å². The minimum Gasteiger partial charge on any atom is -0.480 e. The van der Waals surface area contributed by atoms with Crippen LogP contribution in [0.2, 0.25) is 0 Å². The van der Waals surface area contributed by atoms with E-state index in [-0.39, 0.29) is 18.1 Å². The summed E-state index contributed by atoms with van der Waals surface area (Å²) in [7, 11) is 0. The molecule has 2 aliphatic carbocycles. The van der Waals surface area contributed by atoms with Crippen LogP contribution in [0, 0.1) is 11.8 Å². The van der Waals surface area contributed by atoms with Gasteiger partial charge in [0.2, 0.25) is 0 Å². The Morgan fingerprint density at radius 2 is 1.94 bits per heavy atom. The summed E-state index contributed by atoms with van der Waals surface area (Å²) in [5, 5.41) is 22.1. The Hall–Kier alpha value is -0.610. The Balaban J connectivity index is 1.99. The lowest BCUT2D eigenvalue weighted by Crippen LogP contribution is -2.57. The molecule has 0 saturated heterocycles. The number of carboxylic acids is 1. The van der Waals surface area contributed by atoms with Gasteiger partial charge in [0.15, 0.2) is 0 Å². The normalized spacial score (nSPS) is 35.5. The zero-order chi connectivity index (χ0) is 12.5. The van der Waals surface area contributed by atoms with Crippen LogP contribution in [0.1, 0.15) is 45.4 Å². The van der Waals surface area contributed by atoms with Crippen molar-refractivity contribution in [1.29, 1.82) is 0 Å². The van der Waals surface area contributed by atoms with Crippen LogP contribution in [-0.2, 0) is 4.79 Å². The molecule has 2 fully saturated rings. The first-order chi connectivity index (χ1) is 8.06. The molecule has 1 atom stereocenters. The highest BCUT2D eigenvalue weighted by Crippen LogP contribution is 2.37. The standard InChI is InChI=1S/C13H23NO3/c1-9-4-6-13(8-15,7-5-9)14-11(12(16)17)10-2-3-10/h9-11,14-15H,2-8H2,1H3,(H,16,17). The molecule has 98 valence electrons. The highest BCUT2D eigenvalue weighted by Gasteiger charge is 2.43. The van der Waals surface area contributed by atoms with E-state index < -0.39 is 12.0 Å². The zero-order valence-electron chi connectivity index (χ0n) is 10.5. The molecule has 3 N–H and O–H groups in total. The molecule has 2 rings (SSSR count). The highest BCUT2D eigenvalue weighted by molar-refractivity contribution is 5.74. The van der Waals surface area contributed by atoms with Gasteiger partial charge in [-0.15, -0.1) is 0 Å². The molecule has 0 aromatic heterocycles. The van der Waals surface area contributed by atoms with Crippen molar-refractivity contribution in [2.45, 2.75) is 57.0 Å². The highest BCUT2D eigenvalue weighted by atomic mass is 16.4. The lowest BCUT2D eigenvalue weighted by Gasteiger charge is -2.40. The van der Waals surface area contributed by atoms with Gasteiger partial charge in [-0.1, -0.05) is 6.92 Å². The summed E-state index contributed by atoms with van der Waals surface area (Å²) in [6.45, 7) is 2.27. The number of rotatable bonds is 5. The van der Waals surface area contributed by atoms with Gasteiger partial charge in [-0.2, -0.15) is 0 Å². The van der Waals surface area contributed by atoms with E-state index in [0.717, 1.165) is 38.5 Å². The molecule has 1 unspecified atom stereocenters. The Kier molecular flexibility index (Phi) is 3.73. The molecule has 0 bridgehead atoms. The van der Waals surface area contributed by atoms with Gasteiger partial charge < -0.3 is 10.2 Å². The number of hydrogen-bond acceptors (Lipinski definition) is 3. The van der Waals surface area contributed by atoms with E-state index in [0.29, 0.717) is 5.92 Å². The molecule has 0 amide bonds. The van der Waals surface area contributed by atoms with Gasteiger partial charge >= 0.3 is 5.97 Å². The van der Waals surface area contributed by atoms with Gasteiger partial charge in [0.1, 0.15) is 6.04 Å². The number of carboxylic acid groups (broad SMARTS) is 1. The zero-order valence-corrected chi connectivity index (χ0v) is 10.5. The quantitative estimate of drug-likeness (QED) is 0.680. The van der Waals surface area contributed by atoms with E-state index in [4.69, 9.17) is 0 Å². The van der Waals surface area contributed by atoms with Crippen LogP contribution in [0.15, 0.2) is 0 Å². The first-order valence-electron chi connectivity index (χ1n) is 6.68. The van der Waals surface area contributed by atoms with Crippen LogP contribution in [0.4, 0.5) is 0 Å². The molecule has 0 spiro atoms. The fourth-order valence-electron chi connectivity index (χ4n) is 2.80. The van der Waals surface area contributed by atoms with Crippen LogP contribution in [0.25, 0.3) is 0 Å². The molecule has 4 nitrogen and oxygen atoms in total. The Morgan fingerprint density at radius 1 is 1.35 bits per heavy atom. The van der Waals surface area contributed by atoms with E-state index in [9.17, 15) is 15.0 Å². The number of aliphatic hydroxyl groups is 1. The summed E-state index contributed by atoms with van der Waals surface area (Å²) < 4.78 is 0. The van der Waals surface area contributed by atoms with Crippen molar-refractivity contribution in [3.8, 4) is 0 Å². The second kappa shape index (κ2) is 4.94. The fourth-order valence-corrected chi connectivity index (χ4v) is 2.80. The second-order valence-corrected chi connectivity index (χ2v) is 5.92. The molecule has 2 aliphatic rings. The van der Waals surface area contributed by atoms with Gasteiger partial charge in [0.25, 0.3) is 0 Å². The van der Waals surface area contributed by atoms with Gasteiger partial charge in [-0.05, 0) is 50.4 Å². The Morgan fingerprint density at radius 3 is 2.35 bits per heavy atom. The lowest BCUT2D eigenvalue weighted by atomic mass is 9.77. The fraction of sp³-hybridized carbons (Fsp3) is 0.923. The van der Waals surface area contributed by atoms with Crippen molar-refractivity contribution in [3.63, 3.8) is 0 Å². The average molecular weight is 241 g/mol. The third-order valence-corrected chi connectivity index (χ3v) is 4.36. The van der Waals surface area contributed by atoms with E-state index >= 15 is 0 Å². The molecule has 4 heteroatoms. The summed E-state index contributed by atoms with van der Waals surface area (Å²) in [5.41, 5.74) is -0.349. The molecule has 0 aliphatic heterocycles. The third-order valence-electron chi connectivity index (χ3n) is 4.36. The maximum absolute atomic E-state index is 11.2. The van der Waals surface area contributed by atoms with Crippen LogP contribution in [0.5, 0.6) is 0 Å². The molecular formula is C13H23NO3. The summed E-state index contributed by atoms with van der Waals surface area (Å²) in [4.78, 5) is 11.2. The number of nitrogens with one attached hydrogen (secondary N) is 1. The van der Waals surface area contributed by atoms with Crippen molar-refractivity contribution in [1.82, 2.24) is 5.32 Å². The van der Waals surface area contributed by atoms with Crippen LogP contribution >= 0.6 is 0 Å². The minimum absolute atomic E-state index is 0.0518. The second-order valence-electron chi connectivity index (χ2n) is 5.92. The van der Waals surface area contributed by atoms with Crippen LogP contribution in [-0.4, -0.2) is 34.4 Å². The summed E-state index contributed by atoms with van der Waals surface area (Å²) >= 11 is 0. The lowest BCUT2D eigenvalue weighted by molar-refractivity contribution is -0.141. The third kappa shape index (κ3) is 2.99. The van der Waals surface area contributed by atoms with E-state index in [1.807, 2.05) is 0 Å². The Bertz CT molecular complexity index is 280. The number of aliphatic carboxylic acids is 1. The SMILES string of the molecule is CC1CCC(CO)(NC(C(=O)O)C2CC2)CC1. The maximum atomic E-state index is 11.2. The van der Waals surface area contributed by atoms with E-state index in [1.165, 1.54) is 0 Å². The van der Waals surface area contributed by atoms with Crippen LogP contribution in [0.3, 0.4) is 0 Å². The first-order valence-corrected chi connectivity index (χ1v) is 6.68. The summed E-state index contributed by atoms with van der Waals surface area (Å²) in [6, 6.07) is -0.462. The molecule has 17 heavy (non-hydrogen) atoms. The summed E-state index contributed by atoms with van der Waals surface area (Å²) in [5.74, 6) is 0.204. The van der Waals surface area contributed by atoms with Crippen molar-refractivity contribution < 1.29 is 15.0 Å². The predicted molar refractivity (Wildman–Crippen MR) is 64.7 cm³/mol. The summed E-state index contributed by atoms with van der Waals surface area (Å²) in [6.07, 6.45) is 5.93.